The van der Waals surface area contributed by atoms with Gasteiger partial charge in [-0.1, -0.05) is 30.3 Å². The van der Waals surface area contributed by atoms with Gasteiger partial charge in [0.15, 0.2) is 0 Å². The maximum atomic E-state index is 13.0. The Balaban J connectivity index is 1.73. The molecule has 3 rings (SSSR count). The molecule has 4 heteroatoms. The van der Waals surface area contributed by atoms with E-state index in [9.17, 15) is 4.79 Å². The van der Waals surface area contributed by atoms with Crippen molar-refractivity contribution in [1.82, 2.24) is 14.8 Å². The third-order valence-corrected chi connectivity index (χ3v) is 5.38. The molecule has 0 spiro atoms. The Morgan fingerprint density at radius 3 is 2.48 bits per heavy atom. The van der Waals surface area contributed by atoms with Gasteiger partial charge in [0.1, 0.15) is 0 Å². The number of hydrogen-bond donors (Lipinski definition) is 1. The first-order valence-corrected chi connectivity index (χ1v) is 9.24. The molecular weight excluding hydrogens is 310 g/mol. The lowest BCUT2D eigenvalue weighted by Gasteiger charge is -2.32. The maximum Gasteiger partial charge on any atom is 0.255 e. The Bertz CT molecular complexity index is 712. The quantitative estimate of drug-likeness (QED) is 0.908. The number of carbonyl (C=O) groups excluding carboxylic acids is 1. The van der Waals surface area contributed by atoms with Crippen LogP contribution in [0.2, 0.25) is 0 Å². The molecule has 0 atom stereocenters. The predicted molar refractivity (Wildman–Crippen MR) is 102 cm³/mol. The van der Waals surface area contributed by atoms with E-state index in [2.05, 4.69) is 54.1 Å². The van der Waals surface area contributed by atoms with Gasteiger partial charge in [-0.15, -0.1) is 0 Å². The van der Waals surface area contributed by atoms with Gasteiger partial charge in [-0.2, -0.15) is 0 Å². The summed E-state index contributed by atoms with van der Waals surface area (Å²) in [6.07, 6.45) is 2.19. The molecule has 134 valence electrons. The zero-order chi connectivity index (χ0) is 17.8. The minimum atomic E-state index is 0.190. The summed E-state index contributed by atoms with van der Waals surface area (Å²) < 4.78 is 2.25. The first-order valence-electron chi connectivity index (χ1n) is 9.24. The van der Waals surface area contributed by atoms with Gasteiger partial charge in [-0.05, 0) is 57.8 Å². The largest absolute Gasteiger partial charge is 0.344 e. The number of likely N-dealkylation sites (tertiary alicyclic amines) is 1. The Morgan fingerprint density at radius 2 is 1.84 bits per heavy atom. The van der Waals surface area contributed by atoms with E-state index in [0.717, 1.165) is 56.0 Å². The van der Waals surface area contributed by atoms with Gasteiger partial charge in [-0.3, -0.25) is 4.79 Å². The summed E-state index contributed by atoms with van der Waals surface area (Å²) in [4.78, 5) is 15.0. The van der Waals surface area contributed by atoms with Crippen molar-refractivity contribution >= 4 is 5.91 Å². The van der Waals surface area contributed by atoms with Gasteiger partial charge in [0, 0.05) is 31.0 Å². The molecule has 0 unspecified atom stereocenters. The molecule has 1 aromatic heterocycles. The lowest BCUT2D eigenvalue weighted by molar-refractivity contribution is 0.0690. The molecular formula is C21H29N3O. The monoisotopic (exact) mass is 339 g/mol. The van der Waals surface area contributed by atoms with E-state index in [4.69, 9.17) is 0 Å². The zero-order valence-electron chi connectivity index (χ0n) is 15.6. The van der Waals surface area contributed by atoms with E-state index in [1.54, 1.807) is 0 Å². The van der Waals surface area contributed by atoms with Gasteiger partial charge in [0.2, 0.25) is 0 Å². The molecule has 1 saturated heterocycles. The number of carbonyl (C=O) groups is 1. The molecule has 0 aliphatic carbocycles. The number of piperidine rings is 1. The fourth-order valence-electron chi connectivity index (χ4n) is 3.83. The van der Waals surface area contributed by atoms with E-state index in [0.29, 0.717) is 5.92 Å². The second-order valence-electron chi connectivity index (χ2n) is 7.15. The Kier molecular flexibility index (Phi) is 5.59. The SMILES string of the molecule is CNCC1CCN(C(=O)c2cc(C)n(Cc3ccccc3)c2C)CC1. The first-order chi connectivity index (χ1) is 12.1. The highest BCUT2D eigenvalue weighted by atomic mass is 16.2. The van der Waals surface area contributed by atoms with Crippen molar-refractivity contribution in [2.75, 3.05) is 26.7 Å². The molecule has 25 heavy (non-hydrogen) atoms. The van der Waals surface area contributed by atoms with E-state index >= 15 is 0 Å². The topological polar surface area (TPSA) is 37.3 Å². The smallest absolute Gasteiger partial charge is 0.255 e. The lowest BCUT2D eigenvalue weighted by Crippen LogP contribution is -2.40. The number of benzene rings is 1. The van der Waals surface area contributed by atoms with Crippen LogP contribution in [0.25, 0.3) is 0 Å². The molecule has 2 heterocycles. The number of rotatable bonds is 5. The molecule has 1 aliphatic heterocycles. The molecule has 0 radical (unpaired) electrons. The molecule has 0 bridgehead atoms. The minimum Gasteiger partial charge on any atom is -0.344 e. The van der Waals surface area contributed by atoms with Crippen LogP contribution in [-0.4, -0.2) is 42.1 Å². The average Bonchev–Trinajstić information content (AvgIpc) is 2.91. The van der Waals surface area contributed by atoms with Crippen molar-refractivity contribution in [3.05, 3.63) is 58.9 Å². The van der Waals surface area contributed by atoms with Gasteiger partial charge >= 0.3 is 0 Å². The molecule has 0 saturated carbocycles. The highest BCUT2D eigenvalue weighted by molar-refractivity contribution is 5.95. The highest BCUT2D eigenvalue weighted by Gasteiger charge is 2.25. The minimum absolute atomic E-state index is 0.190. The summed E-state index contributed by atoms with van der Waals surface area (Å²) in [5.41, 5.74) is 4.34. The van der Waals surface area contributed by atoms with Crippen molar-refractivity contribution < 1.29 is 4.79 Å². The van der Waals surface area contributed by atoms with Crippen LogP contribution in [0.15, 0.2) is 36.4 Å². The van der Waals surface area contributed by atoms with E-state index in [-0.39, 0.29) is 5.91 Å². The van der Waals surface area contributed by atoms with Crippen molar-refractivity contribution in [3.63, 3.8) is 0 Å². The van der Waals surface area contributed by atoms with Crippen molar-refractivity contribution in [2.45, 2.75) is 33.2 Å². The number of nitrogens with zero attached hydrogens (tertiary/aromatic N) is 2. The Labute approximate surface area is 150 Å². The molecule has 4 nitrogen and oxygen atoms in total. The fraction of sp³-hybridized carbons (Fsp3) is 0.476. The molecule has 1 amide bonds. The molecule has 1 fully saturated rings. The van der Waals surface area contributed by atoms with Crippen molar-refractivity contribution in [3.8, 4) is 0 Å². The second kappa shape index (κ2) is 7.87. The van der Waals surface area contributed by atoms with E-state index in [1.165, 1.54) is 5.56 Å². The zero-order valence-corrected chi connectivity index (χ0v) is 15.6. The Hall–Kier alpha value is -2.07. The van der Waals surface area contributed by atoms with Crippen molar-refractivity contribution in [1.29, 1.82) is 0 Å². The molecule has 1 N–H and O–H groups in total. The summed E-state index contributed by atoms with van der Waals surface area (Å²) in [5, 5.41) is 3.25. The number of nitrogens with one attached hydrogen (secondary N) is 1. The molecule has 1 aliphatic rings. The molecule has 1 aromatic carbocycles. The van der Waals surface area contributed by atoms with Crippen LogP contribution in [-0.2, 0) is 6.54 Å². The van der Waals surface area contributed by atoms with Gasteiger partial charge in [0.05, 0.1) is 5.56 Å². The van der Waals surface area contributed by atoms with Crippen LogP contribution < -0.4 is 5.32 Å². The Morgan fingerprint density at radius 1 is 1.16 bits per heavy atom. The normalized spacial score (nSPS) is 15.6. The third kappa shape index (κ3) is 3.96. The van der Waals surface area contributed by atoms with Crippen LogP contribution in [0.4, 0.5) is 0 Å². The molecule has 2 aromatic rings. The number of hydrogen-bond acceptors (Lipinski definition) is 2. The maximum absolute atomic E-state index is 13.0. The van der Waals surface area contributed by atoms with Gasteiger partial charge in [-0.25, -0.2) is 0 Å². The van der Waals surface area contributed by atoms with E-state index in [1.807, 2.05) is 18.0 Å². The fourth-order valence-corrected chi connectivity index (χ4v) is 3.83. The number of aryl methyl sites for hydroxylation is 1. The number of amides is 1. The predicted octanol–water partition coefficient (Wildman–Crippen LogP) is 3.22. The summed E-state index contributed by atoms with van der Waals surface area (Å²) in [6, 6.07) is 12.5. The summed E-state index contributed by atoms with van der Waals surface area (Å²) in [6.45, 7) is 7.76. The summed E-state index contributed by atoms with van der Waals surface area (Å²) in [5.74, 6) is 0.884. The van der Waals surface area contributed by atoms with Crippen LogP contribution in [0.1, 0.15) is 40.2 Å². The van der Waals surface area contributed by atoms with Crippen LogP contribution >= 0.6 is 0 Å². The summed E-state index contributed by atoms with van der Waals surface area (Å²) in [7, 11) is 2.00. The third-order valence-electron chi connectivity index (χ3n) is 5.38. The van der Waals surface area contributed by atoms with Crippen LogP contribution in [0, 0.1) is 19.8 Å². The van der Waals surface area contributed by atoms with Gasteiger partial charge < -0.3 is 14.8 Å². The highest BCUT2D eigenvalue weighted by Crippen LogP contribution is 2.22. The first kappa shape index (κ1) is 17.7. The summed E-state index contributed by atoms with van der Waals surface area (Å²) >= 11 is 0. The lowest BCUT2D eigenvalue weighted by atomic mass is 9.96. The van der Waals surface area contributed by atoms with Crippen molar-refractivity contribution in [2.24, 2.45) is 5.92 Å². The van der Waals surface area contributed by atoms with E-state index < -0.39 is 0 Å². The standard InChI is InChI=1S/C21H29N3O/c1-16-13-20(17(2)24(16)15-19-7-5-4-6-8-19)21(25)23-11-9-18(10-12-23)14-22-3/h4-8,13,18,22H,9-12,14-15H2,1-3H3. The second-order valence-corrected chi connectivity index (χ2v) is 7.15. The van der Waals surface area contributed by atoms with Gasteiger partial charge in [0.25, 0.3) is 5.91 Å². The van der Waals surface area contributed by atoms with Crippen LogP contribution in [0.5, 0.6) is 0 Å². The average molecular weight is 339 g/mol. The number of aromatic nitrogens is 1. The van der Waals surface area contributed by atoms with Crippen LogP contribution in [0.3, 0.4) is 0 Å².